The van der Waals surface area contributed by atoms with E-state index in [0.29, 0.717) is 0 Å². The average molecular weight is 273 g/mol. The summed E-state index contributed by atoms with van der Waals surface area (Å²) in [7, 11) is 0. The van der Waals surface area contributed by atoms with Crippen molar-refractivity contribution in [1.82, 2.24) is 30.0 Å². The first kappa shape index (κ1) is 13.0. The van der Waals surface area contributed by atoms with Crippen LogP contribution < -0.4 is 10.2 Å². The van der Waals surface area contributed by atoms with Crippen molar-refractivity contribution >= 4 is 5.82 Å². The molecule has 0 saturated carbocycles. The first-order chi connectivity index (χ1) is 9.86. The third-order valence-corrected chi connectivity index (χ3v) is 3.37. The van der Waals surface area contributed by atoms with Gasteiger partial charge in [-0.15, -0.1) is 10.2 Å². The quantitative estimate of drug-likeness (QED) is 0.804. The second kappa shape index (κ2) is 5.96. The number of rotatable bonds is 5. The molecular formula is C13H19N7. The molecule has 3 heterocycles. The van der Waals surface area contributed by atoms with E-state index in [1.54, 1.807) is 6.33 Å². The van der Waals surface area contributed by atoms with Gasteiger partial charge in [-0.3, -0.25) is 4.98 Å². The van der Waals surface area contributed by atoms with Gasteiger partial charge in [0.15, 0.2) is 5.82 Å². The van der Waals surface area contributed by atoms with Crippen LogP contribution in [0.4, 0.5) is 5.82 Å². The van der Waals surface area contributed by atoms with Crippen molar-refractivity contribution in [3.8, 4) is 0 Å². The number of anilines is 1. The molecule has 0 unspecified atom stereocenters. The Morgan fingerprint density at radius 2 is 2.25 bits per heavy atom. The average Bonchev–Trinajstić information content (AvgIpc) is 2.95. The van der Waals surface area contributed by atoms with Gasteiger partial charge >= 0.3 is 0 Å². The highest BCUT2D eigenvalue weighted by atomic mass is 15.3. The maximum absolute atomic E-state index is 4.67. The Labute approximate surface area is 118 Å². The number of nitrogens with zero attached hydrogens (tertiary/aromatic N) is 6. The summed E-state index contributed by atoms with van der Waals surface area (Å²) in [5.74, 6) is 1.89. The predicted octanol–water partition coefficient (Wildman–Crippen LogP) is 0.588. The number of fused-ring (bicyclic) bond motifs is 1. The van der Waals surface area contributed by atoms with Crippen LogP contribution in [-0.2, 0) is 19.6 Å². The van der Waals surface area contributed by atoms with Gasteiger partial charge in [0.25, 0.3) is 0 Å². The summed E-state index contributed by atoms with van der Waals surface area (Å²) in [5, 5.41) is 11.4. The fraction of sp³-hybridized carbons (Fsp3) is 0.538. The maximum Gasteiger partial charge on any atom is 0.152 e. The normalized spacial score (nSPS) is 14.3. The van der Waals surface area contributed by atoms with E-state index in [9.17, 15) is 0 Å². The largest absolute Gasteiger partial charge is 0.346 e. The Balaban J connectivity index is 1.70. The maximum atomic E-state index is 4.67. The molecule has 0 amide bonds. The molecular weight excluding hydrogens is 254 g/mol. The van der Waals surface area contributed by atoms with Gasteiger partial charge in [0.1, 0.15) is 12.1 Å². The van der Waals surface area contributed by atoms with Crippen LogP contribution in [0.5, 0.6) is 0 Å². The van der Waals surface area contributed by atoms with Crippen LogP contribution in [0.1, 0.15) is 24.9 Å². The minimum Gasteiger partial charge on any atom is -0.346 e. The molecule has 2 aromatic heterocycles. The summed E-state index contributed by atoms with van der Waals surface area (Å²) in [6.07, 6.45) is 6.53. The summed E-state index contributed by atoms with van der Waals surface area (Å²) in [6.45, 7) is 6.45. The molecule has 7 nitrogen and oxygen atoms in total. The number of aromatic nitrogens is 5. The van der Waals surface area contributed by atoms with E-state index in [2.05, 4.69) is 41.9 Å². The van der Waals surface area contributed by atoms with Gasteiger partial charge in [0.2, 0.25) is 0 Å². The highest BCUT2D eigenvalue weighted by Crippen LogP contribution is 2.16. The fourth-order valence-corrected chi connectivity index (χ4v) is 2.29. The van der Waals surface area contributed by atoms with Gasteiger partial charge in [-0.2, -0.15) is 0 Å². The summed E-state index contributed by atoms with van der Waals surface area (Å²) in [5.41, 5.74) is 0.975. The van der Waals surface area contributed by atoms with Crippen LogP contribution in [0, 0.1) is 0 Å². The summed E-state index contributed by atoms with van der Waals surface area (Å²) < 4.78 is 2.08. The van der Waals surface area contributed by atoms with E-state index in [4.69, 9.17) is 0 Å². The monoisotopic (exact) mass is 273 g/mol. The van der Waals surface area contributed by atoms with Crippen LogP contribution in [0.15, 0.2) is 18.7 Å². The van der Waals surface area contributed by atoms with Gasteiger partial charge in [-0.1, -0.05) is 6.92 Å². The number of hydrogen-bond donors (Lipinski definition) is 1. The molecule has 0 radical (unpaired) electrons. The molecule has 0 fully saturated rings. The van der Waals surface area contributed by atoms with E-state index < -0.39 is 0 Å². The number of hydrogen-bond acceptors (Lipinski definition) is 6. The van der Waals surface area contributed by atoms with Crippen molar-refractivity contribution in [1.29, 1.82) is 0 Å². The van der Waals surface area contributed by atoms with E-state index in [1.807, 2.05) is 12.4 Å². The molecule has 3 rings (SSSR count). The third kappa shape index (κ3) is 2.77. The van der Waals surface area contributed by atoms with Crippen LogP contribution in [-0.4, -0.2) is 37.8 Å². The molecule has 0 bridgehead atoms. The standard InChI is InChI=1S/C13H19N7/c1-2-3-14-6-11-7-15-8-12(17-11)19-4-5-20-10-16-18-13(20)9-19/h7-8,10,14H,2-6,9H2,1H3. The number of nitrogens with one attached hydrogen (secondary N) is 1. The lowest BCUT2D eigenvalue weighted by atomic mass is 10.3. The topological polar surface area (TPSA) is 71.8 Å². The zero-order valence-corrected chi connectivity index (χ0v) is 11.7. The van der Waals surface area contributed by atoms with E-state index in [0.717, 1.165) is 56.5 Å². The van der Waals surface area contributed by atoms with Crippen LogP contribution >= 0.6 is 0 Å². The van der Waals surface area contributed by atoms with Crippen molar-refractivity contribution in [2.45, 2.75) is 33.0 Å². The van der Waals surface area contributed by atoms with Gasteiger partial charge in [0, 0.05) is 25.8 Å². The Morgan fingerprint density at radius 1 is 1.30 bits per heavy atom. The molecule has 7 heteroatoms. The van der Waals surface area contributed by atoms with E-state index >= 15 is 0 Å². The molecule has 1 aliphatic rings. The summed E-state index contributed by atoms with van der Waals surface area (Å²) in [6, 6.07) is 0. The van der Waals surface area contributed by atoms with Gasteiger partial charge in [-0.05, 0) is 13.0 Å². The zero-order valence-electron chi connectivity index (χ0n) is 11.7. The minimum absolute atomic E-state index is 0.737. The molecule has 0 saturated heterocycles. The third-order valence-electron chi connectivity index (χ3n) is 3.37. The van der Waals surface area contributed by atoms with Crippen LogP contribution in [0.3, 0.4) is 0 Å². The first-order valence-electron chi connectivity index (χ1n) is 7.00. The molecule has 0 atom stereocenters. The highest BCUT2D eigenvalue weighted by molar-refractivity contribution is 5.37. The molecule has 0 spiro atoms. The van der Waals surface area contributed by atoms with Gasteiger partial charge in [0.05, 0.1) is 18.4 Å². The Morgan fingerprint density at radius 3 is 3.15 bits per heavy atom. The van der Waals surface area contributed by atoms with Crippen molar-refractivity contribution in [3.05, 3.63) is 30.2 Å². The highest BCUT2D eigenvalue weighted by Gasteiger charge is 2.18. The predicted molar refractivity (Wildman–Crippen MR) is 75.1 cm³/mol. The Kier molecular flexibility index (Phi) is 3.87. The Bertz CT molecular complexity index is 565. The van der Waals surface area contributed by atoms with Crippen molar-refractivity contribution < 1.29 is 0 Å². The molecule has 20 heavy (non-hydrogen) atoms. The minimum atomic E-state index is 0.737. The summed E-state index contributed by atoms with van der Waals surface area (Å²) in [4.78, 5) is 11.2. The molecule has 106 valence electrons. The second-order valence-corrected chi connectivity index (χ2v) is 4.91. The lowest BCUT2D eigenvalue weighted by Gasteiger charge is -2.27. The lowest BCUT2D eigenvalue weighted by Crippen LogP contribution is -2.34. The van der Waals surface area contributed by atoms with Crippen LogP contribution in [0.2, 0.25) is 0 Å². The molecule has 0 aliphatic carbocycles. The van der Waals surface area contributed by atoms with Crippen molar-refractivity contribution in [2.24, 2.45) is 0 Å². The van der Waals surface area contributed by atoms with Crippen LogP contribution in [0.25, 0.3) is 0 Å². The molecule has 2 aromatic rings. The van der Waals surface area contributed by atoms with E-state index in [-0.39, 0.29) is 0 Å². The second-order valence-electron chi connectivity index (χ2n) is 4.91. The van der Waals surface area contributed by atoms with E-state index in [1.165, 1.54) is 0 Å². The van der Waals surface area contributed by atoms with Crippen molar-refractivity contribution in [2.75, 3.05) is 18.0 Å². The van der Waals surface area contributed by atoms with Gasteiger partial charge in [-0.25, -0.2) is 4.98 Å². The SMILES string of the molecule is CCCNCc1cncc(N2CCn3cnnc3C2)n1. The first-order valence-corrected chi connectivity index (χ1v) is 7.00. The summed E-state index contributed by atoms with van der Waals surface area (Å²) >= 11 is 0. The lowest BCUT2D eigenvalue weighted by molar-refractivity contribution is 0.554. The van der Waals surface area contributed by atoms with Gasteiger partial charge < -0.3 is 14.8 Å². The Hall–Kier alpha value is -2.02. The zero-order chi connectivity index (χ0) is 13.8. The molecule has 0 aromatic carbocycles. The smallest absolute Gasteiger partial charge is 0.152 e. The fourth-order valence-electron chi connectivity index (χ4n) is 2.29. The van der Waals surface area contributed by atoms with Crippen molar-refractivity contribution in [3.63, 3.8) is 0 Å². The molecule has 1 aliphatic heterocycles. The molecule has 1 N–H and O–H groups in total.